The van der Waals surface area contributed by atoms with E-state index >= 15 is 0 Å². The van der Waals surface area contributed by atoms with Gasteiger partial charge in [-0.2, -0.15) is 0 Å². The minimum atomic E-state index is -0.0132. The van der Waals surface area contributed by atoms with Crippen LogP contribution in [-0.2, 0) is 0 Å². The lowest BCUT2D eigenvalue weighted by Crippen LogP contribution is -2.42. The number of nitrogens with zero attached hydrogens (tertiary/aromatic N) is 5. The molecule has 0 spiro atoms. The third-order valence-corrected chi connectivity index (χ3v) is 10.3. The van der Waals surface area contributed by atoms with Crippen molar-refractivity contribution < 1.29 is 0 Å². The van der Waals surface area contributed by atoms with Gasteiger partial charge in [0.2, 0.25) is 0 Å². The van der Waals surface area contributed by atoms with Crippen LogP contribution in [0.2, 0.25) is 0 Å². The zero-order valence-corrected chi connectivity index (χ0v) is 30.0. The van der Waals surface area contributed by atoms with Crippen LogP contribution in [0, 0.1) is 6.92 Å². The molecule has 0 fully saturated rings. The number of hydrogen-bond donors (Lipinski definition) is 0. The van der Waals surface area contributed by atoms with Crippen LogP contribution in [0.25, 0.3) is 38.8 Å². The maximum atomic E-state index is 4.97. The van der Waals surface area contributed by atoms with Crippen LogP contribution < -0.4 is 14.7 Å². The SMILES string of the molecule is Cc1ccccc1-c1ccnc(-n2c3ccccc3c3ccc(N(c4ccccc4)c4cccc(N5CN(C(C)(C)C)c6ccccc65)c4)cc32)c1. The monoisotopic (exact) mass is 675 g/mol. The number of benzene rings is 6. The molecule has 3 heterocycles. The zero-order valence-electron chi connectivity index (χ0n) is 30.0. The van der Waals surface area contributed by atoms with E-state index in [1.807, 2.05) is 6.20 Å². The average molecular weight is 676 g/mol. The highest BCUT2D eigenvalue weighted by atomic mass is 15.4. The van der Waals surface area contributed by atoms with Gasteiger partial charge in [0.15, 0.2) is 0 Å². The molecular weight excluding hydrogens is 635 g/mol. The maximum Gasteiger partial charge on any atom is 0.138 e. The predicted molar refractivity (Wildman–Crippen MR) is 219 cm³/mol. The highest BCUT2D eigenvalue weighted by Gasteiger charge is 2.33. The third-order valence-electron chi connectivity index (χ3n) is 10.3. The second kappa shape index (κ2) is 12.5. The lowest BCUT2D eigenvalue weighted by atomic mass is 10.0. The number of aryl methyl sites for hydroxylation is 1. The van der Waals surface area contributed by atoms with E-state index in [2.05, 4.69) is 205 Å². The fourth-order valence-electron chi connectivity index (χ4n) is 7.78. The summed E-state index contributed by atoms with van der Waals surface area (Å²) in [7, 11) is 0. The van der Waals surface area contributed by atoms with Gasteiger partial charge in [-0.3, -0.25) is 4.57 Å². The molecule has 0 N–H and O–H groups in total. The Morgan fingerprint density at radius 2 is 1.27 bits per heavy atom. The largest absolute Gasteiger partial charge is 0.347 e. The molecule has 0 atom stereocenters. The van der Waals surface area contributed by atoms with Crippen LogP contribution in [0.4, 0.5) is 34.1 Å². The summed E-state index contributed by atoms with van der Waals surface area (Å²) in [6.45, 7) is 9.80. The van der Waals surface area contributed by atoms with Crippen molar-refractivity contribution in [3.05, 3.63) is 169 Å². The topological polar surface area (TPSA) is 27.5 Å². The van der Waals surface area contributed by atoms with Crippen LogP contribution in [0.5, 0.6) is 0 Å². The van der Waals surface area contributed by atoms with Gasteiger partial charge in [0.1, 0.15) is 5.82 Å². The molecule has 1 aliphatic heterocycles. The highest BCUT2D eigenvalue weighted by Crippen LogP contribution is 2.46. The number of pyridine rings is 1. The highest BCUT2D eigenvalue weighted by molar-refractivity contribution is 6.10. The van der Waals surface area contributed by atoms with Crippen molar-refractivity contribution in [1.82, 2.24) is 9.55 Å². The Bertz CT molecular complexity index is 2580. The van der Waals surface area contributed by atoms with Crippen LogP contribution in [0.15, 0.2) is 164 Å². The number of aromatic nitrogens is 2. The van der Waals surface area contributed by atoms with Gasteiger partial charge in [-0.25, -0.2) is 4.98 Å². The summed E-state index contributed by atoms with van der Waals surface area (Å²) in [5.74, 6) is 0.897. The minimum absolute atomic E-state index is 0.0132. The van der Waals surface area contributed by atoms with Gasteiger partial charge in [-0.05, 0) is 117 Å². The molecule has 5 heteroatoms. The first-order valence-electron chi connectivity index (χ1n) is 18.0. The molecule has 0 unspecified atom stereocenters. The van der Waals surface area contributed by atoms with Gasteiger partial charge >= 0.3 is 0 Å². The molecule has 9 rings (SSSR count). The molecule has 0 amide bonds. The number of hydrogen-bond acceptors (Lipinski definition) is 4. The molecule has 0 bridgehead atoms. The van der Waals surface area contributed by atoms with E-state index in [4.69, 9.17) is 4.98 Å². The first kappa shape index (κ1) is 31.6. The first-order chi connectivity index (χ1) is 25.3. The summed E-state index contributed by atoms with van der Waals surface area (Å²) < 4.78 is 2.32. The Labute approximate surface area is 305 Å². The molecule has 5 nitrogen and oxygen atoms in total. The Kier molecular flexibility index (Phi) is 7.58. The van der Waals surface area contributed by atoms with Gasteiger partial charge in [0.05, 0.1) is 29.1 Å². The summed E-state index contributed by atoms with van der Waals surface area (Å²) in [6, 6.07) is 56.7. The predicted octanol–water partition coefficient (Wildman–Crippen LogP) is 12.3. The van der Waals surface area contributed by atoms with Crippen molar-refractivity contribution >= 4 is 55.9 Å². The van der Waals surface area contributed by atoms with Crippen molar-refractivity contribution in [3.63, 3.8) is 0 Å². The second-order valence-electron chi connectivity index (χ2n) is 14.6. The Hall–Kier alpha value is -6.33. The average Bonchev–Trinajstić information content (AvgIpc) is 3.73. The zero-order chi connectivity index (χ0) is 35.4. The van der Waals surface area contributed by atoms with E-state index in [9.17, 15) is 0 Å². The van der Waals surface area contributed by atoms with E-state index in [1.165, 1.54) is 33.3 Å². The molecule has 0 radical (unpaired) electrons. The molecular formula is C47H41N5. The van der Waals surface area contributed by atoms with Gasteiger partial charge in [-0.1, -0.05) is 84.9 Å². The van der Waals surface area contributed by atoms with E-state index in [-0.39, 0.29) is 5.54 Å². The fourth-order valence-corrected chi connectivity index (χ4v) is 7.78. The molecule has 0 saturated heterocycles. The summed E-state index contributed by atoms with van der Waals surface area (Å²) in [6.07, 6.45) is 1.93. The summed E-state index contributed by atoms with van der Waals surface area (Å²) >= 11 is 0. The van der Waals surface area contributed by atoms with Crippen LogP contribution in [0.1, 0.15) is 26.3 Å². The Morgan fingerprint density at radius 3 is 2.10 bits per heavy atom. The smallest absolute Gasteiger partial charge is 0.138 e. The fraction of sp³-hybridized carbons (Fsp3) is 0.128. The van der Waals surface area contributed by atoms with E-state index < -0.39 is 0 Å². The summed E-state index contributed by atoms with van der Waals surface area (Å²) in [5, 5.41) is 2.40. The normalized spacial score (nSPS) is 12.8. The lowest BCUT2D eigenvalue weighted by molar-refractivity contribution is 0.518. The lowest BCUT2D eigenvalue weighted by Gasteiger charge is -2.34. The number of para-hydroxylation sites is 4. The Balaban J connectivity index is 1.21. The quantitative estimate of drug-likeness (QED) is 0.175. The van der Waals surface area contributed by atoms with E-state index in [0.717, 1.165) is 51.8 Å². The number of fused-ring (bicyclic) bond motifs is 4. The molecule has 8 aromatic rings. The van der Waals surface area contributed by atoms with Crippen molar-refractivity contribution in [2.75, 3.05) is 21.4 Å². The van der Waals surface area contributed by atoms with Gasteiger partial charge in [0, 0.05) is 45.3 Å². The third kappa shape index (κ3) is 5.37. The van der Waals surface area contributed by atoms with Crippen LogP contribution in [0.3, 0.4) is 0 Å². The van der Waals surface area contributed by atoms with Crippen molar-refractivity contribution in [2.45, 2.75) is 33.2 Å². The van der Waals surface area contributed by atoms with E-state index in [1.54, 1.807) is 0 Å². The Morgan fingerprint density at radius 1 is 0.577 bits per heavy atom. The molecule has 1 aliphatic rings. The molecule has 0 aliphatic carbocycles. The van der Waals surface area contributed by atoms with Gasteiger partial charge in [0.25, 0.3) is 0 Å². The molecule has 52 heavy (non-hydrogen) atoms. The molecule has 2 aromatic heterocycles. The maximum absolute atomic E-state index is 4.97. The van der Waals surface area contributed by atoms with Crippen molar-refractivity contribution in [2.24, 2.45) is 0 Å². The number of anilines is 6. The first-order valence-corrected chi connectivity index (χ1v) is 18.0. The molecule has 6 aromatic carbocycles. The molecule has 0 saturated carbocycles. The standard InChI is InChI=1S/C47H41N5/c1-33-15-8-9-20-39(33)34-27-28-48-46(29-34)52-42-22-11-10-21-40(42)41-26-25-38(31-45(41)52)51(35-16-6-5-7-17-35)37-19-14-18-36(30-37)49-32-50(47(2,3)4)44-24-13-12-23-43(44)49/h5-31H,32H2,1-4H3. The molecule has 254 valence electrons. The van der Waals surface area contributed by atoms with Gasteiger partial charge < -0.3 is 14.7 Å². The van der Waals surface area contributed by atoms with Crippen LogP contribution in [-0.4, -0.2) is 21.8 Å². The number of rotatable bonds is 6. The van der Waals surface area contributed by atoms with E-state index in [0.29, 0.717) is 0 Å². The van der Waals surface area contributed by atoms with Gasteiger partial charge in [-0.15, -0.1) is 0 Å². The summed E-state index contributed by atoms with van der Waals surface area (Å²) in [5.41, 5.74) is 12.8. The summed E-state index contributed by atoms with van der Waals surface area (Å²) in [4.78, 5) is 12.2. The minimum Gasteiger partial charge on any atom is -0.347 e. The van der Waals surface area contributed by atoms with Crippen LogP contribution >= 0.6 is 0 Å². The van der Waals surface area contributed by atoms with Crippen molar-refractivity contribution in [3.8, 4) is 16.9 Å². The van der Waals surface area contributed by atoms with Crippen molar-refractivity contribution in [1.29, 1.82) is 0 Å². The second-order valence-corrected chi connectivity index (χ2v) is 14.6.